The molecule has 0 N–H and O–H groups in total. The van der Waals surface area contributed by atoms with E-state index >= 15 is 0 Å². The number of carbonyl (C=O) groups excluding carboxylic acids is 1. The molecule has 0 bridgehead atoms. The maximum atomic E-state index is 13.2. The first-order valence-electron chi connectivity index (χ1n) is 9.36. The van der Waals surface area contributed by atoms with Crippen LogP contribution in [-0.4, -0.2) is 39.8 Å². The topological polar surface area (TPSA) is 47.4 Å². The zero-order valence-corrected chi connectivity index (χ0v) is 16.9. The lowest BCUT2D eigenvalue weighted by Gasteiger charge is -2.23. The van der Waals surface area contributed by atoms with E-state index in [1.165, 1.54) is 0 Å². The largest absolute Gasteiger partial charge is 0.487 e. The summed E-state index contributed by atoms with van der Waals surface area (Å²) in [5.74, 6) is 0.420. The monoisotopic (exact) mass is 395 g/mol. The van der Waals surface area contributed by atoms with Crippen LogP contribution in [0.1, 0.15) is 29.9 Å². The van der Waals surface area contributed by atoms with Gasteiger partial charge in [-0.1, -0.05) is 41.9 Å². The van der Waals surface area contributed by atoms with E-state index in [9.17, 15) is 4.79 Å². The molecule has 1 aliphatic rings. The van der Waals surface area contributed by atoms with Crippen LogP contribution in [-0.2, 0) is 0 Å². The Hall–Kier alpha value is -2.79. The number of nitrogens with zero attached hydrogens (tertiary/aromatic N) is 3. The number of aromatic nitrogens is 2. The lowest BCUT2D eigenvalue weighted by atomic mass is 10.1. The molecule has 2 heterocycles. The second-order valence-electron chi connectivity index (χ2n) is 7.17. The van der Waals surface area contributed by atoms with Crippen LogP contribution in [0.4, 0.5) is 0 Å². The van der Waals surface area contributed by atoms with E-state index in [2.05, 4.69) is 0 Å². The Bertz CT molecular complexity index is 1020. The maximum absolute atomic E-state index is 13.2. The van der Waals surface area contributed by atoms with Gasteiger partial charge >= 0.3 is 0 Å². The highest BCUT2D eigenvalue weighted by Gasteiger charge is 2.33. The van der Waals surface area contributed by atoms with Crippen molar-refractivity contribution in [2.24, 2.45) is 0 Å². The average molecular weight is 396 g/mol. The van der Waals surface area contributed by atoms with Crippen molar-refractivity contribution in [3.8, 4) is 22.7 Å². The summed E-state index contributed by atoms with van der Waals surface area (Å²) in [4.78, 5) is 15.0. The predicted octanol–water partition coefficient (Wildman–Crippen LogP) is 4.74. The second-order valence-corrected chi connectivity index (χ2v) is 7.61. The molecule has 4 rings (SSSR count). The zero-order valence-electron chi connectivity index (χ0n) is 16.1. The first-order chi connectivity index (χ1) is 13.5. The first kappa shape index (κ1) is 18.6. The molecule has 5 nitrogen and oxygen atoms in total. The fourth-order valence-corrected chi connectivity index (χ4v) is 3.62. The highest BCUT2D eigenvalue weighted by Crippen LogP contribution is 2.38. The van der Waals surface area contributed by atoms with Gasteiger partial charge in [-0.05, 0) is 44.5 Å². The molecule has 0 unspecified atom stereocenters. The van der Waals surface area contributed by atoms with E-state index in [1.807, 2.05) is 74.0 Å². The van der Waals surface area contributed by atoms with Gasteiger partial charge in [-0.2, -0.15) is 5.10 Å². The highest BCUT2D eigenvalue weighted by molar-refractivity contribution is 6.30. The molecule has 0 atom stereocenters. The number of hydrogen-bond donors (Lipinski definition) is 0. The molecule has 1 aliphatic heterocycles. The molecule has 28 heavy (non-hydrogen) atoms. The fraction of sp³-hybridized carbons (Fsp3) is 0.273. The minimum atomic E-state index is -0.106. The normalized spacial score (nSPS) is 14.0. The van der Waals surface area contributed by atoms with E-state index in [0.717, 1.165) is 22.5 Å². The van der Waals surface area contributed by atoms with Crippen LogP contribution in [0.2, 0.25) is 5.02 Å². The Kier molecular flexibility index (Phi) is 4.85. The number of hydrogen-bond acceptors (Lipinski definition) is 3. The molecule has 0 radical (unpaired) electrons. The second kappa shape index (κ2) is 7.32. The number of aryl methyl sites for hydroxylation is 1. The molecule has 0 fully saturated rings. The van der Waals surface area contributed by atoms with Gasteiger partial charge in [0.25, 0.3) is 5.91 Å². The maximum Gasteiger partial charge on any atom is 0.278 e. The van der Waals surface area contributed by atoms with Crippen molar-refractivity contribution in [2.75, 3.05) is 13.2 Å². The summed E-state index contributed by atoms with van der Waals surface area (Å²) in [6.45, 7) is 6.99. The van der Waals surface area contributed by atoms with E-state index in [0.29, 0.717) is 29.6 Å². The Morgan fingerprint density at radius 3 is 2.50 bits per heavy atom. The van der Waals surface area contributed by atoms with E-state index in [4.69, 9.17) is 21.4 Å². The van der Waals surface area contributed by atoms with E-state index in [1.54, 1.807) is 4.90 Å². The molecule has 1 amide bonds. The van der Waals surface area contributed by atoms with Crippen molar-refractivity contribution >= 4 is 17.5 Å². The summed E-state index contributed by atoms with van der Waals surface area (Å²) in [6.07, 6.45) is 0. The summed E-state index contributed by atoms with van der Waals surface area (Å²) < 4.78 is 7.89. The van der Waals surface area contributed by atoms with Crippen LogP contribution in [0.3, 0.4) is 0 Å². The molecular formula is C22H22ClN3O2. The summed E-state index contributed by atoms with van der Waals surface area (Å²) in [5, 5.41) is 5.37. The van der Waals surface area contributed by atoms with Gasteiger partial charge in [0.1, 0.15) is 12.3 Å². The van der Waals surface area contributed by atoms with Gasteiger partial charge in [0.15, 0.2) is 11.4 Å². The number of benzene rings is 2. The van der Waals surface area contributed by atoms with Crippen LogP contribution in [0.5, 0.6) is 5.75 Å². The third kappa shape index (κ3) is 3.16. The number of fused-ring (bicyclic) bond motifs is 1. The van der Waals surface area contributed by atoms with Gasteiger partial charge in [0, 0.05) is 16.6 Å². The first-order valence-corrected chi connectivity index (χ1v) is 9.74. The molecule has 0 spiro atoms. The van der Waals surface area contributed by atoms with Gasteiger partial charge in [-0.25, -0.2) is 4.68 Å². The summed E-state index contributed by atoms with van der Waals surface area (Å²) >= 11 is 6.09. The summed E-state index contributed by atoms with van der Waals surface area (Å²) in [5.41, 5.74) is 3.98. The number of ether oxygens (including phenoxy) is 1. The van der Waals surface area contributed by atoms with Crippen LogP contribution >= 0.6 is 11.6 Å². The fourth-order valence-electron chi connectivity index (χ4n) is 3.49. The van der Waals surface area contributed by atoms with Crippen LogP contribution < -0.4 is 4.74 Å². The summed E-state index contributed by atoms with van der Waals surface area (Å²) in [6, 6.07) is 15.5. The average Bonchev–Trinajstić information content (AvgIpc) is 2.96. The van der Waals surface area contributed by atoms with E-state index in [-0.39, 0.29) is 11.9 Å². The van der Waals surface area contributed by atoms with Crippen molar-refractivity contribution in [3.05, 3.63) is 64.8 Å². The van der Waals surface area contributed by atoms with Gasteiger partial charge < -0.3 is 9.64 Å². The quantitative estimate of drug-likeness (QED) is 0.643. The zero-order chi connectivity index (χ0) is 19.8. The lowest BCUT2D eigenvalue weighted by Crippen LogP contribution is -2.38. The van der Waals surface area contributed by atoms with Crippen LogP contribution in [0.25, 0.3) is 16.9 Å². The van der Waals surface area contributed by atoms with E-state index < -0.39 is 0 Å². The standard InChI is InChI=1S/C22H22ClN3O2/c1-14(2)25-12-13-28-21-19(22(25)27)24-26(18-7-5-4-6-15(18)3)20(21)16-8-10-17(23)11-9-16/h4-11,14H,12-13H2,1-3H3. The number of rotatable bonds is 3. The number of halogens is 1. The van der Waals surface area contributed by atoms with Crippen molar-refractivity contribution < 1.29 is 9.53 Å². The molecule has 0 saturated carbocycles. The minimum Gasteiger partial charge on any atom is -0.487 e. The Morgan fingerprint density at radius 2 is 1.82 bits per heavy atom. The molecule has 2 aromatic carbocycles. The molecule has 1 aromatic heterocycles. The third-order valence-electron chi connectivity index (χ3n) is 4.97. The Balaban J connectivity index is 1.98. The predicted molar refractivity (Wildman–Crippen MR) is 110 cm³/mol. The molecule has 0 saturated heterocycles. The van der Waals surface area contributed by atoms with Crippen LogP contribution in [0.15, 0.2) is 48.5 Å². The van der Waals surface area contributed by atoms with Gasteiger partial charge in [0.2, 0.25) is 0 Å². The van der Waals surface area contributed by atoms with Crippen molar-refractivity contribution in [2.45, 2.75) is 26.8 Å². The Labute approximate surface area is 169 Å². The number of para-hydroxylation sites is 1. The smallest absolute Gasteiger partial charge is 0.278 e. The SMILES string of the molecule is Cc1ccccc1-n1nc2c(c1-c1ccc(Cl)cc1)OCCN(C(C)C)C2=O. The van der Waals surface area contributed by atoms with Crippen molar-refractivity contribution in [1.82, 2.24) is 14.7 Å². The molecule has 3 aromatic rings. The molecule has 0 aliphatic carbocycles. The number of amides is 1. The van der Waals surface area contributed by atoms with Gasteiger partial charge in [-0.15, -0.1) is 0 Å². The van der Waals surface area contributed by atoms with Crippen molar-refractivity contribution in [1.29, 1.82) is 0 Å². The molecule has 144 valence electrons. The molecular weight excluding hydrogens is 374 g/mol. The summed E-state index contributed by atoms with van der Waals surface area (Å²) in [7, 11) is 0. The van der Waals surface area contributed by atoms with Gasteiger partial charge in [-0.3, -0.25) is 4.79 Å². The highest BCUT2D eigenvalue weighted by atomic mass is 35.5. The van der Waals surface area contributed by atoms with Crippen molar-refractivity contribution in [3.63, 3.8) is 0 Å². The third-order valence-corrected chi connectivity index (χ3v) is 5.22. The minimum absolute atomic E-state index is 0.0737. The number of carbonyl (C=O) groups is 1. The van der Waals surface area contributed by atoms with Gasteiger partial charge in [0.05, 0.1) is 12.2 Å². The lowest BCUT2D eigenvalue weighted by molar-refractivity contribution is 0.0697. The molecule has 6 heteroatoms. The Morgan fingerprint density at radius 1 is 1.11 bits per heavy atom. The van der Waals surface area contributed by atoms with Crippen LogP contribution in [0, 0.1) is 6.92 Å².